The summed E-state index contributed by atoms with van der Waals surface area (Å²) >= 11 is 0. The molecular weight excluding hydrogens is 214 g/mol. The Morgan fingerprint density at radius 2 is 2.38 bits per heavy atom. The summed E-state index contributed by atoms with van der Waals surface area (Å²) in [6, 6.07) is 3.04. The fourth-order valence-corrected chi connectivity index (χ4v) is 1.55. The molecule has 86 valence electrons. The fourth-order valence-electron chi connectivity index (χ4n) is 1.55. The van der Waals surface area contributed by atoms with Crippen LogP contribution in [0.2, 0.25) is 0 Å². The third kappa shape index (κ3) is 2.33. The third-order valence-corrected chi connectivity index (χ3v) is 2.35. The highest BCUT2D eigenvalue weighted by molar-refractivity contribution is 5.84. The van der Waals surface area contributed by atoms with Crippen molar-refractivity contribution in [3.8, 4) is 0 Å². The van der Waals surface area contributed by atoms with Crippen molar-refractivity contribution < 1.29 is 23.8 Å². The van der Waals surface area contributed by atoms with Gasteiger partial charge in [-0.25, -0.2) is 9.59 Å². The van der Waals surface area contributed by atoms with Gasteiger partial charge in [0.2, 0.25) is 5.76 Å². The van der Waals surface area contributed by atoms with Crippen LogP contribution in [0.5, 0.6) is 0 Å². The van der Waals surface area contributed by atoms with Crippen LogP contribution in [0.25, 0.3) is 0 Å². The molecule has 6 nitrogen and oxygen atoms in total. The van der Waals surface area contributed by atoms with E-state index in [1.54, 1.807) is 6.07 Å². The minimum absolute atomic E-state index is 0.0734. The van der Waals surface area contributed by atoms with E-state index in [0.29, 0.717) is 25.3 Å². The van der Waals surface area contributed by atoms with Gasteiger partial charge in [0.05, 0.1) is 6.61 Å². The second kappa shape index (κ2) is 4.26. The Labute approximate surface area is 91.2 Å². The number of alkyl carbamates (subject to hydrolysis) is 1. The molecule has 0 spiro atoms. The number of carbonyl (C=O) groups is 2. The molecule has 1 atom stereocenters. The van der Waals surface area contributed by atoms with Crippen LogP contribution < -0.4 is 5.32 Å². The molecule has 0 unspecified atom stereocenters. The zero-order valence-corrected chi connectivity index (χ0v) is 8.43. The number of ether oxygens (including phenoxy) is 1. The van der Waals surface area contributed by atoms with Crippen LogP contribution in [0.1, 0.15) is 16.3 Å². The maximum atomic E-state index is 10.7. The summed E-state index contributed by atoms with van der Waals surface area (Å²) in [5.74, 6) is -0.456. The third-order valence-electron chi connectivity index (χ3n) is 2.35. The average Bonchev–Trinajstić information content (AvgIpc) is 2.70. The van der Waals surface area contributed by atoms with Gasteiger partial charge in [-0.3, -0.25) is 0 Å². The van der Waals surface area contributed by atoms with E-state index < -0.39 is 12.1 Å². The van der Waals surface area contributed by atoms with E-state index in [9.17, 15) is 9.59 Å². The number of hydrogen-bond acceptors (Lipinski definition) is 4. The average molecular weight is 225 g/mol. The van der Waals surface area contributed by atoms with Crippen LogP contribution in [0.4, 0.5) is 4.79 Å². The van der Waals surface area contributed by atoms with Crippen molar-refractivity contribution in [1.82, 2.24) is 5.32 Å². The monoisotopic (exact) mass is 225 g/mol. The van der Waals surface area contributed by atoms with Crippen LogP contribution in [-0.4, -0.2) is 30.3 Å². The lowest BCUT2D eigenvalue weighted by Gasteiger charge is -2.21. The normalized spacial score (nSPS) is 20.0. The minimum atomic E-state index is -1.08. The van der Waals surface area contributed by atoms with Crippen molar-refractivity contribution in [2.45, 2.75) is 6.42 Å². The molecule has 0 bridgehead atoms. The highest BCUT2D eigenvalue weighted by atomic mass is 16.6. The van der Waals surface area contributed by atoms with Crippen LogP contribution in [0.3, 0.4) is 0 Å². The van der Waals surface area contributed by atoms with Gasteiger partial charge in [-0.1, -0.05) is 0 Å². The number of furan rings is 1. The molecule has 6 heteroatoms. The molecule has 1 aliphatic rings. The van der Waals surface area contributed by atoms with E-state index in [4.69, 9.17) is 14.3 Å². The van der Waals surface area contributed by atoms with E-state index in [-0.39, 0.29) is 11.7 Å². The lowest BCUT2D eigenvalue weighted by molar-refractivity contribution is 0.0659. The maximum Gasteiger partial charge on any atom is 0.407 e. The van der Waals surface area contributed by atoms with E-state index in [1.165, 1.54) is 6.07 Å². The van der Waals surface area contributed by atoms with Crippen LogP contribution in [-0.2, 0) is 11.2 Å². The lowest BCUT2D eigenvalue weighted by Crippen LogP contribution is -2.39. The molecule has 1 amide bonds. The topological polar surface area (TPSA) is 88.8 Å². The van der Waals surface area contributed by atoms with E-state index in [2.05, 4.69) is 5.32 Å². The van der Waals surface area contributed by atoms with Gasteiger partial charge in [-0.2, -0.15) is 0 Å². The summed E-state index contributed by atoms with van der Waals surface area (Å²) in [7, 11) is 0. The molecule has 0 aromatic carbocycles. The number of amides is 1. The summed E-state index contributed by atoms with van der Waals surface area (Å²) in [5, 5.41) is 11.2. The molecule has 1 aromatic rings. The molecule has 2 heterocycles. The second-order valence-electron chi connectivity index (χ2n) is 3.62. The smallest absolute Gasteiger partial charge is 0.407 e. The first-order chi connectivity index (χ1) is 7.65. The fraction of sp³-hybridized carbons (Fsp3) is 0.400. The van der Waals surface area contributed by atoms with Gasteiger partial charge in [-0.15, -0.1) is 0 Å². The first-order valence-corrected chi connectivity index (χ1v) is 4.88. The van der Waals surface area contributed by atoms with Crippen molar-refractivity contribution in [2.24, 2.45) is 5.92 Å². The highest BCUT2D eigenvalue weighted by Crippen LogP contribution is 2.14. The Balaban J connectivity index is 1.93. The van der Waals surface area contributed by atoms with Crippen LogP contribution >= 0.6 is 0 Å². The van der Waals surface area contributed by atoms with Gasteiger partial charge in [0.25, 0.3) is 0 Å². The number of carboxylic acids is 1. The number of hydrogen-bond donors (Lipinski definition) is 2. The molecule has 16 heavy (non-hydrogen) atoms. The summed E-state index contributed by atoms with van der Waals surface area (Å²) in [5.41, 5.74) is 0. The minimum Gasteiger partial charge on any atom is -0.475 e. The summed E-state index contributed by atoms with van der Waals surface area (Å²) < 4.78 is 9.92. The molecular formula is C10H11NO5. The van der Waals surface area contributed by atoms with Gasteiger partial charge in [0.15, 0.2) is 0 Å². The molecule has 2 rings (SSSR count). The van der Waals surface area contributed by atoms with Crippen molar-refractivity contribution in [1.29, 1.82) is 0 Å². The molecule has 1 aliphatic heterocycles. The second-order valence-corrected chi connectivity index (χ2v) is 3.62. The Morgan fingerprint density at radius 1 is 1.56 bits per heavy atom. The number of cyclic esters (lactones) is 1. The highest BCUT2D eigenvalue weighted by Gasteiger charge is 2.21. The van der Waals surface area contributed by atoms with Gasteiger partial charge in [0, 0.05) is 18.9 Å². The van der Waals surface area contributed by atoms with Crippen LogP contribution in [0.15, 0.2) is 16.5 Å². The van der Waals surface area contributed by atoms with E-state index in [1.807, 2.05) is 0 Å². The molecule has 0 radical (unpaired) electrons. The van der Waals surface area contributed by atoms with E-state index in [0.717, 1.165) is 0 Å². The van der Waals surface area contributed by atoms with Gasteiger partial charge in [0.1, 0.15) is 5.76 Å². The standard InChI is InChI=1S/C10H11NO5/c12-9(13)8-2-1-7(16-8)3-6-4-11-10(14)15-5-6/h1-2,6H,3-5H2,(H,11,14)(H,12,13)/t6-/m0/s1. The Hall–Kier alpha value is -1.98. The summed E-state index contributed by atoms with van der Waals surface area (Å²) in [6.45, 7) is 0.844. The summed E-state index contributed by atoms with van der Waals surface area (Å²) in [4.78, 5) is 21.3. The quantitative estimate of drug-likeness (QED) is 0.796. The zero-order chi connectivity index (χ0) is 11.5. The molecule has 0 aliphatic carbocycles. The van der Waals surface area contributed by atoms with E-state index >= 15 is 0 Å². The first-order valence-electron chi connectivity index (χ1n) is 4.88. The first kappa shape index (κ1) is 10.5. The Morgan fingerprint density at radius 3 is 2.94 bits per heavy atom. The number of carbonyl (C=O) groups excluding carboxylic acids is 1. The van der Waals surface area contributed by atoms with Crippen LogP contribution in [0, 0.1) is 5.92 Å². The molecule has 0 saturated carbocycles. The number of nitrogens with one attached hydrogen (secondary N) is 1. The van der Waals surface area contributed by atoms with Gasteiger partial charge < -0.3 is 19.6 Å². The molecule has 1 fully saturated rings. The van der Waals surface area contributed by atoms with Crippen molar-refractivity contribution >= 4 is 12.1 Å². The van der Waals surface area contributed by atoms with Crippen molar-refractivity contribution in [3.63, 3.8) is 0 Å². The molecule has 1 saturated heterocycles. The van der Waals surface area contributed by atoms with Gasteiger partial charge in [-0.05, 0) is 12.1 Å². The molecule has 1 aromatic heterocycles. The Bertz CT molecular complexity index is 401. The Kier molecular flexibility index (Phi) is 2.80. The largest absolute Gasteiger partial charge is 0.475 e. The number of carboxylic acid groups (broad SMARTS) is 1. The van der Waals surface area contributed by atoms with Crippen molar-refractivity contribution in [3.05, 3.63) is 23.7 Å². The predicted octanol–water partition coefficient (Wildman–Crippen LogP) is 0.876. The predicted molar refractivity (Wildman–Crippen MR) is 52.2 cm³/mol. The SMILES string of the molecule is O=C1NC[C@H](Cc2ccc(C(=O)O)o2)CO1. The number of rotatable bonds is 3. The number of aromatic carboxylic acids is 1. The summed E-state index contributed by atoms with van der Waals surface area (Å²) in [6.07, 6.45) is 0.134. The van der Waals surface area contributed by atoms with Gasteiger partial charge >= 0.3 is 12.1 Å². The maximum absolute atomic E-state index is 10.7. The molecule has 2 N–H and O–H groups in total. The lowest BCUT2D eigenvalue weighted by atomic mass is 10.0. The zero-order valence-electron chi connectivity index (χ0n) is 8.43. The van der Waals surface area contributed by atoms with Crippen molar-refractivity contribution in [2.75, 3.05) is 13.2 Å².